The van der Waals surface area contributed by atoms with Crippen LogP contribution in [0.25, 0.3) is 0 Å². The Morgan fingerprint density at radius 2 is 2.00 bits per heavy atom. The van der Waals surface area contributed by atoms with Crippen LogP contribution in [-0.4, -0.2) is 25.8 Å². The van der Waals surface area contributed by atoms with Crippen molar-refractivity contribution in [1.82, 2.24) is 0 Å². The fraction of sp³-hybridized carbons (Fsp3) is 0.125. The minimum Gasteiger partial charge on any atom is -0.376 e. The second kappa shape index (κ2) is 4.21. The summed E-state index contributed by atoms with van der Waals surface area (Å²) in [5.74, 6) is 0. The molecule has 0 heterocycles. The van der Waals surface area contributed by atoms with Crippen molar-refractivity contribution in [3.05, 3.63) is 24.3 Å². The lowest BCUT2D eigenvalue weighted by molar-refractivity contribution is 0.483. The van der Waals surface area contributed by atoms with Crippen LogP contribution in [0.4, 0.5) is 5.69 Å². The van der Waals surface area contributed by atoms with Crippen molar-refractivity contribution in [2.45, 2.75) is 4.90 Å². The van der Waals surface area contributed by atoms with Crippen LogP contribution < -0.4 is 5.32 Å². The summed E-state index contributed by atoms with van der Waals surface area (Å²) >= 11 is 0. The fourth-order valence-electron chi connectivity index (χ4n) is 0.969. The van der Waals surface area contributed by atoms with Gasteiger partial charge in [-0.2, -0.15) is 8.42 Å². The van der Waals surface area contributed by atoms with Gasteiger partial charge in [0, 0.05) is 0 Å². The number of hydrogen-bond acceptors (Lipinski definition) is 4. The van der Waals surface area contributed by atoms with Gasteiger partial charge in [0.05, 0.1) is 12.2 Å². The van der Waals surface area contributed by atoms with Crippen LogP contribution in [0.2, 0.25) is 0 Å². The lowest BCUT2D eigenvalue weighted by Gasteiger charge is -2.06. The van der Waals surface area contributed by atoms with E-state index in [9.17, 15) is 13.2 Å². The summed E-state index contributed by atoms with van der Waals surface area (Å²) in [6.07, 6.45) is 1.56. The molecule has 1 aromatic carbocycles. The van der Waals surface area contributed by atoms with Crippen LogP contribution >= 0.6 is 0 Å². The normalized spacial score (nSPS) is 10.9. The van der Waals surface area contributed by atoms with E-state index in [0.717, 1.165) is 0 Å². The predicted molar refractivity (Wildman–Crippen MR) is 50.4 cm³/mol. The van der Waals surface area contributed by atoms with Crippen molar-refractivity contribution >= 4 is 22.1 Å². The molecule has 0 unspecified atom stereocenters. The van der Waals surface area contributed by atoms with Crippen molar-refractivity contribution in [3.8, 4) is 0 Å². The van der Waals surface area contributed by atoms with E-state index in [1.54, 1.807) is 12.4 Å². The van der Waals surface area contributed by atoms with Crippen LogP contribution in [-0.2, 0) is 14.9 Å². The van der Waals surface area contributed by atoms with Gasteiger partial charge in [-0.25, -0.2) is 0 Å². The lowest BCUT2D eigenvalue weighted by Crippen LogP contribution is -2.07. The standard InChI is InChI=1S/C8H8NO4S/c10-6-5-9-7-3-1-2-4-8(7)14(11,12)13/h1-4,9H,5H2,(H,11,12,13). The zero-order valence-electron chi connectivity index (χ0n) is 7.10. The SMILES string of the molecule is O=[C]CNc1ccccc1S(=O)(=O)O. The second-order valence-corrected chi connectivity index (χ2v) is 3.86. The number of para-hydroxylation sites is 1. The van der Waals surface area contributed by atoms with Crippen molar-refractivity contribution < 1.29 is 17.8 Å². The first-order valence-electron chi connectivity index (χ1n) is 3.71. The Kier molecular flexibility index (Phi) is 3.21. The summed E-state index contributed by atoms with van der Waals surface area (Å²) in [5.41, 5.74) is 0.179. The number of anilines is 1. The van der Waals surface area contributed by atoms with Gasteiger partial charge in [0.1, 0.15) is 4.90 Å². The Bertz CT molecular complexity index is 427. The number of benzene rings is 1. The predicted octanol–water partition coefficient (Wildman–Crippen LogP) is 0.455. The quantitative estimate of drug-likeness (QED) is 0.711. The molecule has 0 spiro atoms. The highest BCUT2D eigenvalue weighted by Crippen LogP contribution is 2.19. The number of hydrogen-bond donors (Lipinski definition) is 2. The molecule has 0 saturated heterocycles. The molecule has 14 heavy (non-hydrogen) atoms. The van der Waals surface area contributed by atoms with Gasteiger partial charge < -0.3 is 5.32 Å². The van der Waals surface area contributed by atoms with E-state index >= 15 is 0 Å². The van der Waals surface area contributed by atoms with Crippen LogP contribution in [0.1, 0.15) is 0 Å². The molecule has 1 rings (SSSR count). The first-order chi connectivity index (χ1) is 6.55. The topological polar surface area (TPSA) is 83.5 Å². The number of rotatable bonds is 4. The number of nitrogens with one attached hydrogen (secondary N) is 1. The molecule has 0 atom stereocenters. The van der Waals surface area contributed by atoms with E-state index in [-0.39, 0.29) is 17.1 Å². The van der Waals surface area contributed by atoms with Crippen LogP contribution in [0, 0.1) is 0 Å². The van der Waals surface area contributed by atoms with Crippen molar-refractivity contribution in [2.75, 3.05) is 11.9 Å². The van der Waals surface area contributed by atoms with Crippen LogP contribution in [0.15, 0.2) is 29.2 Å². The van der Waals surface area contributed by atoms with Gasteiger partial charge in [-0.15, -0.1) is 0 Å². The zero-order chi connectivity index (χ0) is 10.6. The molecule has 1 radical (unpaired) electrons. The van der Waals surface area contributed by atoms with Crippen molar-refractivity contribution in [3.63, 3.8) is 0 Å². The Hall–Kier alpha value is -1.40. The summed E-state index contributed by atoms with van der Waals surface area (Å²) in [7, 11) is -4.26. The highest BCUT2D eigenvalue weighted by Gasteiger charge is 2.13. The largest absolute Gasteiger partial charge is 0.376 e. The molecule has 0 aliphatic heterocycles. The molecular formula is C8H8NO4S. The van der Waals surface area contributed by atoms with E-state index in [4.69, 9.17) is 4.55 Å². The molecule has 2 N–H and O–H groups in total. The summed E-state index contributed by atoms with van der Waals surface area (Å²) in [4.78, 5) is 9.69. The smallest absolute Gasteiger partial charge is 0.296 e. The van der Waals surface area contributed by atoms with Crippen LogP contribution in [0.5, 0.6) is 0 Å². The van der Waals surface area contributed by atoms with E-state index < -0.39 is 10.1 Å². The third kappa shape index (κ3) is 2.54. The van der Waals surface area contributed by atoms with Gasteiger partial charge in [-0.3, -0.25) is 9.35 Å². The molecule has 0 aliphatic rings. The first kappa shape index (κ1) is 10.7. The molecule has 1 aromatic rings. The summed E-state index contributed by atoms with van der Waals surface area (Å²) in [6, 6.07) is 5.74. The maximum atomic E-state index is 10.8. The Labute approximate surface area is 81.5 Å². The van der Waals surface area contributed by atoms with E-state index in [0.29, 0.717) is 0 Å². The van der Waals surface area contributed by atoms with Crippen LogP contribution in [0.3, 0.4) is 0 Å². The third-order valence-corrected chi connectivity index (χ3v) is 2.43. The highest BCUT2D eigenvalue weighted by atomic mass is 32.2. The third-order valence-electron chi connectivity index (χ3n) is 1.52. The number of carbonyl (C=O) groups excluding carboxylic acids is 1. The van der Waals surface area contributed by atoms with Crippen molar-refractivity contribution in [1.29, 1.82) is 0 Å². The summed E-state index contributed by atoms with van der Waals surface area (Å²) in [5, 5.41) is 2.51. The average Bonchev–Trinajstić information content (AvgIpc) is 2.14. The van der Waals surface area contributed by atoms with Gasteiger partial charge in [0.2, 0.25) is 6.29 Å². The van der Waals surface area contributed by atoms with Gasteiger partial charge in [-0.1, -0.05) is 12.1 Å². The van der Waals surface area contributed by atoms with Gasteiger partial charge in [-0.05, 0) is 12.1 Å². The molecule has 6 heteroatoms. The second-order valence-electron chi connectivity index (χ2n) is 2.47. The first-order valence-corrected chi connectivity index (χ1v) is 5.15. The Morgan fingerprint density at radius 1 is 1.36 bits per heavy atom. The summed E-state index contributed by atoms with van der Waals surface area (Å²) < 4.78 is 30.5. The molecule has 0 aliphatic carbocycles. The zero-order valence-corrected chi connectivity index (χ0v) is 7.91. The van der Waals surface area contributed by atoms with Gasteiger partial charge in [0.15, 0.2) is 0 Å². The highest BCUT2D eigenvalue weighted by molar-refractivity contribution is 7.86. The minimum absolute atomic E-state index is 0.132. The monoisotopic (exact) mass is 214 g/mol. The molecule has 5 nitrogen and oxygen atoms in total. The lowest BCUT2D eigenvalue weighted by atomic mass is 10.3. The molecule has 75 valence electrons. The van der Waals surface area contributed by atoms with E-state index in [1.807, 2.05) is 0 Å². The molecular weight excluding hydrogens is 206 g/mol. The van der Waals surface area contributed by atoms with Gasteiger partial charge in [0.25, 0.3) is 10.1 Å². The van der Waals surface area contributed by atoms with Crippen molar-refractivity contribution in [2.24, 2.45) is 0 Å². The van der Waals surface area contributed by atoms with Gasteiger partial charge >= 0.3 is 0 Å². The maximum Gasteiger partial charge on any atom is 0.296 e. The molecule has 0 saturated carbocycles. The maximum absolute atomic E-state index is 10.8. The Balaban J connectivity index is 3.10. The average molecular weight is 214 g/mol. The van der Waals surface area contributed by atoms with E-state index in [1.165, 1.54) is 18.2 Å². The fourth-order valence-corrected chi connectivity index (χ4v) is 1.64. The minimum atomic E-state index is -4.26. The molecule has 0 bridgehead atoms. The molecule has 0 fully saturated rings. The summed E-state index contributed by atoms with van der Waals surface area (Å²) in [6.45, 7) is -0.132. The van der Waals surface area contributed by atoms with E-state index in [2.05, 4.69) is 5.32 Å². The molecule has 0 amide bonds. The molecule has 0 aromatic heterocycles. The Morgan fingerprint density at radius 3 is 2.57 bits per heavy atom.